The van der Waals surface area contributed by atoms with Crippen LogP contribution in [-0.2, 0) is 14.6 Å². The molecule has 1 amide bonds. The molecule has 0 fully saturated rings. The number of rotatable bonds is 5. The Bertz CT molecular complexity index is 272. The molecule has 0 rings (SSSR count). The van der Waals surface area contributed by atoms with Crippen LogP contribution in [0.25, 0.3) is 0 Å². The summed E-state index contributed by atoms with van der Waals surface area (Å²) in [5.41, 5.74) is 5.09. The molecule has 0 spiro atoms. The molecule has 0 aliphatic carbocycles. The van der Waals surface area contributed by atoms with Gasteiger partial charge in [-0.05, 0) is 0 Å². The van der Waals surface area contributed by atoms with Crippen molar-refractivity contribution in [1.82, 2.24) is 5.32 Å². The summed E-state index contributed by atoms with van der Waals surface area (Å²) < 4.78 is 21.5. The second-order valence-corrected chi connectivity index (χ2v) is 4.06. The Morgan fingerprint density at radius 2 is 1.93 bits per heavy atom. The molecule has 0 aromatic heterocycles. The average molecular weight is 220 g/mol. The fraction of sp³-hybridized carbons (Fsp3) is 0.375. The fourth-order valence-electron chi connectivity index (χ4n) is 0.504. The van der Waals surface area contributed by atoms with E-state index in [1.165, 1.54) is 0 Å². The predicted molar refractivity (Wildman–Crippen MR) is 57.3 cm³/mol. The third kappa shape index (κ3) is 8.95. The maximum Gasteiger partial charge on any atom is 0.235 e. The summed E-state index contributed by atoms with van der Waals surface area (Å²) in [6.07, 6.45) is 0. The predicted octanol–water partition coefficient (Wildman–Crippen LogP) is -0.578. The van der Waals surface area contributed by atoms with Gasteiger partial charge in [0.25, 0.3) is 0 Å². The second-order valence-electron chi connectivity index (χ2n) is 2.11. The summed E-state index contributed by atoms with van der Waals surface area (Å²) >= 11 is 0. The first kappa shape index (κ1) is 15.3. The van der Waals surface area contributed by atoms with Gasteiger partial charge in [0.15, 0.2) is 9.84 Å². The molecule has 0 aliphatic heterocycles. The van der Waals surface area contributed by atoms with E-state index in [1.54, 1.807) is 0 Å². The smallest absolute Gasteiger partial charge is 0.235 e. The molecule has 0 aliphatic rings. The lowest BCUT2D eigenvalue weighted by molar-refractivity contribution is -0.118. The molecule has 14 heavy (non-hydrogen) atoms. The zero-order chi connectivity index (χ0) is 11.6. The molecule has 3 N–H and O–H groups in total. The normalized spacial score (nSPS) is 9.50. The lowest BCUT2D eigenvalue weighted by Gasteiger charge is -2.00. The van der Waals surface area contributed by atoms with Gasteiger partial charge in [-0.1, -0.05) is 6.58 Å². The molecule has 0 heterocycles. The van der Waals surface area contributed by atoms with Gasteiger partial charge in [-0.2, -0.15) is 0 Å². The number of hydrogen-bond acceptors (Lipinski definition) is 4. The van der Waals surface area contributed by atoms with Crippen molar-refractivity contribution in [2.75, 3.05) is 18.8 Å². The van der Waals surface area contributed by atoms with Crippen LogP contribution in [0.4, 0.5) is 0 Å². The summed E-state index contributed by atoms with van der Waals surface area (Å²) in [5.74, 6) is -1.11. The average Bonchev–Trinajstić information content (AvgIpc) is 2.17. The van der Waals surface area contributed by atoms with Gasteiger partial charge in [0.2, 0.25) is 5.91 Å². The van der Waals surface area contributed by atoms with Gasteiger partial charge in [0.1, 0.15) is 5.75 Å². The lowest BCUT2D eigenvalue weighted by atomic mass is 10.6. The molecular weight excluding hydrogens is 204 g/mol. The molecule has 0 aromatic rings. The monoisotopic (exact) mass is 220 g/mol. The molecule has 0 saturated heterocycles. The summed E-state index contributed by atoms with van der Waals surface area (Å²) in [6.45, 7) is 9.65. The van der Waals surface area contributed by atoms with E-state index in [0.717, 1.165) is 5.41 Å². The second kappa shape index (κ2) is 8.46. The molecule has 5 nitrogen and oxygen atoms in total. The first-order chi connectivity index (χ1) is 6.52. The van der Waals surface area contributed by atoms with Gasteiger partial charge in [-0.3, -0.25) is 4.79 Å². The van der Waals surface area contributed by atoms with Crippen molar-refractivity contribution >= 4 is 15.7 Å². The Kier molecular flexibility index (Phi) is 9.27. The Labute approximate surface area is 84.6 Å². The van der Waals surface area contributed by atoms with E-state index in [0.29, 0.717) is 6.54 Å². The van der Waals surface area contributed by atoms with Crippen LogP contribution in [0.3, 0.4) is 0 Å². The minimum atomic E-state index is -3.44. The van der Waals surface area contributed by atoms with Gasteiger partial charge in [-0.15, -0.1) is 13.2 Å². The summed E-state index contributed by atoms with van der Waals surface area (Å²) in [5, 5.41) is 3.09. The summed E-state index contributed by atoms with van der Waals surface area (Å²) in [6, 6.07) is 0. The van der Waals surface area contributed by atoms with Crippen LogP contribution in [0.15, 0.2) is 25.1 Å². The molecule has 82 valence electrons. The van der Waals surface area contributed by atoms with Crippen molar-refractivity contribution in [1.29, 1.82) is 0 Å². The third-order valence-electron chi connectivity index (χ3n) is 1.05. The van der Waals surface area contributed by atoms with Crippen LogP contribution in [0.1, 0.15) is 0 Å². The molecule has 6 heteroatoms. The van der Waals surface area contributed by atoms with Crippen LogP contribution >= 0.6 is 0 Å². The molecular formula is C8H16N2O3S. The van der Waals surface area contributed by atoms with Crippen molar-refractivity contribution in [3.63, 3.8) is 0 Å². The highest BCUT2D eigenvalue weighted by Crippen LogP contribution is 1.88. The van der Waals surface area contributed by atoms with Crippen LogP contribution in [0, 0.1) is 0 Å². The Morgan fingerprint density at radius 1 is 1.43 bits per heavy atom. The Hall–Kier alpha value is -1.14. The number of nitrogens with one attached hydrogen (secondary N) is 1. The van der Waals surface area contributed by atoms with E-state index in [2.05, 4.69) is 25.1 Å². The lowest BCUT2D eigenvalue weighted by Crippen LogP contribution is -2.33. The first-order valence-electron chi connectivity index (χ1n) is 3.84. The van der Waals surface area contributed by atoms with Gasteiger partial charge in [0.05, 0.1) is 0 Å². The number of carbonyl (C=O) groups excluding carboxylic acids is 1. The van der Waals surface area contributed by atoms with E-state index >= 15 is 0 Å². The number of nitrogens with two attached hydrogens (primary N) is 1. The van der Waals surface area contributed by atoms with Crippen LogP contribution in [0.5, 0.6) is 0 Å². The summed E-state index contributed by atoms with van der Waals surface area (Å²) in [7, 11) is -3.44. The molecule has 0 unspecified atom stereocenters. The van der Waals surface area contributed by atoms with Crippen LogP contribution in [-0.4, -0.2) is 33.2 Å². The van der Waals surface area contributed by atoms with Crippen LogP contribution in [0.2, 0.25) is 0 Å². The van der Waals surface area contributed by atoms with E-state index in [1.807, 2.05) is 0 Å². The Balaban J connectivity index is 0. The topological polar surface area (TPSA) is 89.3 Å². The minimum absolute atomic E-state index is 0.283. The highest BCUT2D eigenvalue weighted by atomic mass is 32.2. The van der Waals surface area contributed by atoms with E-state index < -0.39 is 21.5 Å². The molecule has 0 atom stereocenters. The number of sulfone groups is 1. The van der Waals surface area contributed by atoms with E-state index in [9.17, 15) is 13.2 Å². The molecule has 0 bridgehead atoms. The largest absolute Gasteiger partial charge is 0.354 e. The zero-order valence-corrected chi connectivity index (χ0v) is 8.85. The summed E-state index contributed by atoms with van der Waals surface area (Å²) in [4.78, 5) is 10.8. The van der Waals surface area contributed by atoms with E-state index in [4.69, 9.17) is 5.73 Å². The highest BCUT2D eigenvalue weighted by molar-refractivity contribution is 7.94. The van der Waals surface area contributed by atoms with Gasteiger partial charge < -0.3 is 11.1 Å². The highest BCUT2D eigenvalue weighted by Gasteiger charge is 2.11. The van der Waals surface area contributed by atoms with Gasteiger partial charge >= 0.3 is 0 Å². The quantitative estimate of drug-likeness (QED) is 0.607. The van der Waals surface area contributed by atoms with Gasteiger partial charge in [0, 0.05) is 18.5 Å². The number of carbonyl (C=O) groups is 1. The number of hydrogen-bond donors (Lipinski definition) is 2. The van der Waals surface area contributed by atoms with Crippen molar-refractivity contribution in [2.45, 2.75) is 0 Å². The molecule has 0 radical (unpaired) electrons. The maximum atomic E-state index is 10.8. The Morgan fingerprint density at radius 3 is 2.29 bits per heavy atom. The molecule has 0 saturated carbocycles. The zero-order valence-electron chi connectivity index (χ0n) is 8.03. The number of amides is 1. The van der Waals surface area contributed by atoms with Crippen molar-refractivity contribution < 1.29 is 13.2 Å². The fourth-order valence-corrected chi connectivity index (χ4v) is 1.09. The van der Waals surface area contributed by atoms with Crippen LogP contribution < -0.4 is 11.1 Å². The SMILES string of the molecule is C=C.C=CS(=O)(=O)CC(=O)NCCN. The standard InChI is InChI=1S/C6H12N2O3S.C2H4/c1-2-12(10,11)5-6(9)8-4-3-7;1-2/h2H,1,3-5,7H2,(H,8,9);1-2H2. The first-order valence-corrected chi connectivity index (χ1v) is 5.55. The minimum Gasteiger partial charge on any atom is -0.354 e. The molecule has 0 aromatic carbocycles. The van der Waals surface area contributed by atoms with E-state index in [-0.39, 0.29) is 6.54 Å². The maximum absolute atomic E-state index is 10.8. The van der Waals surface area contributed by atoms with Crippen molar-refractivity contribution in [3.05, 3.63) is 25.1 Å². The third-order valence-corrected chi connectivity index (χ3v) is 2.23. The van der Waals surface area contributed by atoms with Crippen molar-refractivity contribution in [3.8, 4) is 0 Å². The van der Waals surface area contributed by atoms with Gasteiger partial charge in [-0.25, -0.2) is 8.42 Å². The van der Waals surface area contributed by atoms with Crippen molar-refractivity contribution in [2.24, 2.45) is 5.73 Å².